The number of rotatable bonds is 3. The third-order valence-electron chi connectivity index (χ3n) is 2.13. The summed E-state index contributed by atoms with van der Waals surface area (Å²) >= 11 is 1.88. The lowest BCUT2D eigenvalue weighted by Gasteiger charge is -2.08. The third kappa shape index (κ3) is 1.69. The molecule has 1 N–H and O–H groups in total. The predicted octanol–water partition coefficient (Wildman–Crippen LogP) is 1.41. The largest absolute Gasteiger partial charge is 0.377 e. The van der Waals surface area contributed by atoms with Gasteiger partial charge in [-0.1, -0.05) is 0 Å². The fourth-order valence-corrected chi connectivity index (χ4v) is 2.54. The van der Waals surface area contributed by atoms with Crippen LogP contribution in [-0.2, 0) is 22.8 Å². The first-order chi connectivity index (χ1) is 6.85. The molecule has 0 radical (unpaired) electrons. The molecule has 0 atom stereocenters. The number of nitrogens with zero attached hydrogens (tertiary/aromatic N) is 2. The van der Waals surface area contributed by atoms with Crippen LogP contribution in [0.5, 0.6) is 0 Å². The molecule has 0 amide bonds. The molecule has 2 heterocycles. The zero-order chi connectivity index (χ0) is 9.97. The minimum atomic E-state index is 0.479. The van der Waals surface area contributed by atoms with Gasteiger partial charge in [0.05, 0.1) is 5.69 Å². The summed E-state index contributed by atoms with van der Waals surface area (Å²) in [6.07, 6.45) is 0. The number of hydrogen-bond donors (Lipinski definition) is 1. The molecular formula is C9H13N3OS. The van der Waals surface area contributed by atoms with Gasteiger partial charge in [-0.05, 0) is 0 Å². The van der Waals surface area contributed by atoms with E-state index in [0.29, 0.717) is 6.61 Å². The van der Waals surface area contributed by atoms with E-state index in [4.69, 9.17) is 4.74 Å². The van der Waals surface area contributed by atoms with Crippen LogP contribution in [0.3, 0.4) is 0 Å². The van der Waals surface area contributed by atoms with Crippen molar-refractivity contribution in [2.24, 2.45) is 0 Å². The molecule has 4 nitrogen and oxygen atoms in total. The first kappa shape index (κ1) is 9.73. The Kier molecular flexibility index (Phi) is 2.88. The number of methoxy groups -OCH3 is 1. The van der Waals surface area contributed by atoms with Crippen LogP contribution in [0.1, 0.15) is 17.1 Å². The highest BCUT2D eigenvalue weighted by Gasteiger charge is 2.18. The van der Waals surface area contributed by atoms with Crippen LogP contribution in [-0.4, -0.2) is 24.1 Å². The predicted molar refractivity (Wildman–Crippen MR) is 57.3 cm³/mol. The van der Waals surface area contributed by atoms with Crippen molar-refractivity contribution in [3.05, 3.63) is 17.1 Å². The van der Waals surface area contributed by atoms with E-state index in [1.807, 2.05) is 18.8 Å². The Morgan fingerprint density at radius 2 is 2.29 bits per heavy atom. The summed E-state index contributed by atoms with van der Waals surface area (Å²) < 4.78 is 5.03. The van der Waals surface area contributed by atoms with Gasteiger partial charge in [0.2, 0.25) is 0 Å². The van der Waals surface area contributed by atoms with Gasteiger partial charge in [0, 0.05) is 31.2 Å². The van der Waals surface area contributed by atoms with Crippen LogP contribution in [0, 0.1) is 0 Å². The Hall–Kier alpha value is -0.810. The van der Waals surface area contributed by atoms with Crippen LogP contribution in [0.15, 0.2) is 0 Å². The van der Waals surface area contributed by atoms with E-state index < -0.39 is 0 Å². The van der Waals surface area contributed by atoms with Gasteiger partial charge in [-0.3, -0.25) is 0 Å². The van der Waals surface area contributed by atoms with Crippen molar-refractivity contribution in [1.29, 1.82) is 0 Å². The zero-order valence-electron chi connectivity index (χ0n) is 8.33. The normalized spacial score (nSPS) is 14.1. The van der Waals surface area contributed by atoms with E-state index in [0.717, 1.165) is 28.8 Å². The van der Waals surface area contributed by atoms with E-state index in [2.05, 4.69) is 15.3 Å². The molecule has 0 fully saturated rings. The van der Waals surface area contributed by atoms with Crippen LogP contribution in [0.25, 0.3) is 0 Å². The minimum absolute atomic E-state index is 0.479. The van der Waals surface area contributed by atoms with Crippen molar-refractivity contribution < 1.29 is 4.74 Å². The van der Waals surface area contributed by atoms with Gasteiger partial charge in [-0.2, -0.15) is 11.8 Å². The topological polar surface area (TPSA) is 47.0 Å². The fraction of sp³-hybridized carbons (Fsp3) is 0.556. The molecule has 0 bridgehead atoms. The molecule has 1 aliphatic heterocycles. The van der Waals surface area contributed by atoms with Gasteiger partial charge in [0.15, 0.2) is 5.82 Å². The molecule has 0 aromatic carbocycles. The van der Waals surface area contributed by atoms with Crippen molar-refractivity contribution in [1.82, 2.24) is 9.97 Å². The lowest BCUT2D eigenvalue weighted by atomic mass is 10.2. The van der Waals surface area contributed by atoms with Crippen molar-refractivity contribution >= 4 is 17.6 Å². The SMILES string of the molecule is CNc1nc(COC)nc2c1CSC2. The average molecular weight is 211 g/mol. The summed E-state index contributed by atoms with van der Waals surface area (Å²) in [6, 6.07) is 0. The maximum atomic E-state index is 5.03. The van der Waals surface area contributed by atoms with Crippen LogP contribution >= 0.6 is 11.8 Å². The molecule has 0 saturated heterocycles. The number of nitrogens with one attached hydrogen (secondary N) is 1. The lowest BCUT2D eigenvalue weighted by molar-refractivity contribution is 0.177. The second-order valence-electron chi connectivity index (χ2n) is 3.09. The first-order valence-corrected chi connectivity index (χ1v) is 5.63. The molecule has 0 saturated carbocycles. The molecule has 0 spiro atoms. The zero-order valence-corrected chi connectivity index (χ0v) is 9.15. The van der Waals surface area contributed by atoms with E-state index in [-0.39, 0.29) is 0 Å². The van der Waals surface area contributed by atoms with Crippen molar-refractivity contribution in [2.45, 2.75) is 18.1 Å². The molecule has 76 valence electrons. The number of thioether (sulfide) groups is 1. The van der Waals surface area contributed by atoms with E-state index >= 15 is 0 Å². The number of anilines is 1. The molecule has 2 rings (SSSR count). The fourth-order valence-electron chi connectivity index (χ4n) is 1.50. The maximum Gasteiger partial charge on any atom is 0.156 e. The van der Waals surface area contributed by atoms with E-state index in [9.17, 15) is 0 Å². The highest BCUT2D eigenvalue weighted by molar-refractivity contribution is 7.98. The van der Waals surface area contributed by atoms with Crippen LogP contribution in [0.2, 0.25) is 0 Å². The first-order valence-electron chi connectivity index (χ1n) is 4.48. The van der Waals surface area contributed by atoms with Crippen molar-refractivity contribution in [3.63, 3.8) is 0 Å². The highest BCUT2D eigenvalue weighted by atomic mass is 32.2. The molecule has 1 aromatic rings. The number of hydrogen-bond acceptors (Lipinski definition) is 5. The highest BCUT2D eigenvalue weighted by Crippen LogP contribution is 2.32. The number of aromatic nitrogens is 2. The summed E-state index contributed by atoms with van der Waals surface area (Å²) in [5.74, 6) is 3.72. The smallest absolute Gasteiger partial charge is 0.156 e. The quantitative estimate of drug-likeness (QED) is 0.819. The third-order valence-corrected chi connectivity index (χ3v) is 3.10. The summed E-state index contributed by atoms with van der Waals surface area (Å²) in [6.45, 7) is 0.479. The second-order valence-corrected chi connectivity index (χ2v) is 4.08. The monoisotopic (exact) mass is 211 g/mol. The van der Waals surface area contributed by atoms with Gasteiger partial charge in [-0.25, -0.2) is 9.97 Å². The van der Waals surface area contributed by atoms with E-state index in [1.165, 1.54) is 5.56 Å². The molecule has 0 unspecified atom stereocenters. The van der Waals surface area contributed by atoms with Crippen LogP contribution in [0.4, 0.5) is 5.82 Å². The summed E-state index contributed by atoms with van der Waals surface area (Å²) in [7, 11) is 3.55. The van der Waals surface area contributed by atoms with Crippen LogP contribution < -0.4 is 5.32 Å². The number of ether oxygens (including phenoxy) is 1. The molecule has 1 aliphatic rings. The summed E-state index contributed by atoms with van der Waals surface area (Å²) in [5, 5.41) is 3.11. The molecular weight excluding hydrogens is 198 g/mol. The van der Waals surface area contributed by atoms with Crippen molar-refractivity contribution in [3.8, 4) is 0 Å². The second kappa shape index (κ2) is 4.14. The standard InChI is InChI=1S/C9H13N3OS/c1-10-9-6-4-14-5-7(6)11-8(12-9)3-13-2/h3-5H2,1-2H3,(H,10,11,12). The van der Waals surface area contributed by atoms with Crippen molar-refractivity contribution in [2.75, 3.05) is 19.5 Å². The Labute approximate surface area is 87.5 Å². The summed E-state index contributed by atoms with van der Waals surface area (Å²) in [4.78, 5) is 8.85. The molecule has 1 aromatic heterocycles. The minimum Gasteiger partial charge on any atom is -0.377 e. The average Bonchev–Trinajstić information content (AvgIpc) is 2.65. The molecule has 14 heavy (non-hydrogen) atoms. The Bertz CT molecular complexity index is 343. The van der Waals surface area contributed by atoms with Gasteiger partial charge in [0.1, 0.15) is 12.4 Å². The lowest BCUT2D eigenvalue weighted by Crippen LogP contribution is -2.06. The summed E-state index contributed by atoms with van der Waals surface area (Å²) in [5.41, 5.74) is 2.40. The Balaban J connectivity index is 2.39. The van der Waals surface area contributed by atoms with Gasteiger partial charge in [0.25, 0.3) is 0 Å². The number of fused-ring (bicyclic) bond motifs is 1. The maximum absolute atomic E-state index is 5.03. The molecule has 5 heteroatoms. The van der Waals surface area contributed by atoms with Gasteiger partial charge < -0.3 is 10.1 Å². The molecule has 0 aliphatic carbocycles. The van der Waals surface area contributed by atoms with Gasteiger partial charge >= 0.3 is 0 Å². The van der Waals surface area contributed by atoms with Gasteiger partial charge in [-0.15, -0.1) is 0 Å². The van der Waals surface area contributed by atoms with E-state index in [1.54, 1.807) is 7.11 Å². The Morgan fingerprint density at radius 1 is 1.43 bits per heavy atom. The Morgan fingerprint density at radius 3 is 3.00 bits per heavy atom.